The van der Waals surface area contributed by atoms with Crippen molar-refractivity contribution in [2.24, 2.45) is 0 Å². The predicted octanol–water partition coefficient (Wildman–Crippen LogP) is 5.79. The van der Waals surface area contributed by atoms with Crippen LogP contribution in [0.1, 0.15) is 51.0 Å². The standard InChI is InChI=1S/C28H27NO4S/c1-18-9-11-20(12-10-18)29-15-24-19(5-4-8-23(24)28(29)32)17-34-26-14-13-25(33-16-27(30)31)21-6-2-3-7-22(21)26/h4-5,8-14H,2-3,6-7,15-17H2,1H3,(H,30,31). The van der Waals surface area contributed by atoms with Crippen LogP contribution in [-0.4, -0.2) is 23.6 Å². The molecular weight excluding hydrogens is 446 g/mol. The first-order valence-electron chi connectivity index (χ1n) is 11.6. The van der Waals surface area contributed by atoms with Crippen LogP contribution in [0.25, 0.3) is 0 Å². The molecule has 0 aromatic heterocycles. The molecule has 0 atom stereocenters. The maximum absolute atomic E-state index is 13.1. The third-order valence-electron chi connectivity index (χ3n) is 6.59. The number of ether oxygens (including phenoxy) is 1. The van der Waals surface area contributed by atoms with Gasteiger partial charge >= 0.3 is 5.97 Å². The van der Waals surface area contributed by atoms with Crippen molar-refractivity contribution in [2.75, 3.05) is 11.5 Å². The summed E-state index contributed by atoms with van der Waals surface area (Å²) in [5.74, 6) is 0.569. The summed E-state index contributed by atoms with van der Waals surface area (Å²) in [4.78, 5) is 27.1. The number of carboxylic acid groups (broad SMARTS) is 1. The van der Waals surface area contributed by atoms with Gasteiger partial charge in [0.05, 0.1) is 6.54 Å². The summed E-state index contributed by atoms with van der Waals surface area (Å²) in [5, 5.41) is 8.99. The van der Waals surface area contributed by atoms with E-state index in [1.165, 1.54) is 21.6 Å². The number of anilines is 1. The molecule has 5 nitrogen and oxygen atoms in total. The zero-order chi connectivity index (χ0) is 23.7. The number of aliphatic carboxylic acids is 1. The van der Waals surface area contributed by atoms with Crippen LogP contribution in [0.3, 0.4) is 0 Å². The van der Waals surface area contributed by atoms with Gasteiger partial charge in [0.15, 0.2) is 6.61 Å². The Bertz CT molecular complexity index is 1250. The minimum Gasteiger partial charge on any atom is -0.482 e. The summed E-state index contributed by atoms with van der Waals surface area (Å²) >= 11 is 1.79. The third kappa shape index (κ3) is 4.42. The van der Waals surface area contributed by atoms with Crippen molar-refractivity contribution in [3.8, 4) is 5.75 Å². The summed E-state index contributed by atoms with van der Waals surface area (Å²) in [7, 11) is 0. The van der Waals surface area contributed by atoms with Gasteiger partial charge in [-0.2, -0.15) is 0 Å². The number of rotatable bonds is 7. The summed E-state index contributed by atoms with van der Waals surface area (Å²) in [5.41, 5.74) is 7.61. The number of aryl methyl sites for hydroxylation is 1. The van der Waals surface area contributed by atoms with E-state index in [4.69, 9.17) is 9.84 Å². The second kappa shape index (κ2) is 9.55. The Morgan fingerprint density at radius 1 is 1.00 bits per heavy atom. The highest BCUT2D eigenvalue weighted by Gasteiger charge is 2.30. The van der Waals surface area contributed by atoms with Crippen molar-refractivity contribution in [2.45, 2.75) is 49.8 Å². The third-order valence-corrected chi connectivity index (χ3v) is 7.74. The van der Waals surface area contributed by atoms with Crippen LogP contribution < -0.4 is 9.64 Å². The molecule has 0 saturated carbocycles. The molecule has 3 aromatic rings. The van der Waals surface area contributed by atoms with E-state index in [0.717, 1.165) is 53.8 Å². The minimum absolute atomic E-state index is 0.0583. The Kier molecular flexibility index (Phi) is 6.33. The zero-order valence-electron chi connectivity index (χ0n) is 19.2. The summed E-state index contributed by atoms with van der Waals surface area (Å²) in [6.45, 7) is 2.32. The Labute approximate surface area is 203 Å². The second-order valence-corrected chi connectivity index (χ2v) is 9.88. The van der Waals surface area contributed by atoms with E-state index in [9.17, 15) is 9.59 Å². The van der Waals surface area contributed by atoms with Gasteiger partial charge in [0.2, 0.25) is 0 Å². The van der Waals surface area contributed by atoms with E-state index in [2.05, 4.69) is 12.1 Å². The van der Waals surface area contributed by atoms with Crippen LogP contribution in [0.4, 0.5) is 5.69 Å². The number of nitrogens with zero attached hydrogens (tertiary/aromatic N) is 1. The molecule has 1 N–H and O–H groups in total. The lowest BCUT2D eigenvalue weighted by molar-refractivity contribution is -0.139. The Morgan fingerprint density at radius 3 is 2.53 bits per heavy atom. The smallest absolute Gasteiger partial charge is 0.341 e. The molecule has 2 aliphatic rings. The molecule has 174 valence electrons. The average molecular weight is 474 g/mol. The first-order chi connectivity index (χ1) is 16.5. The molecule has 1 amide bonds. The van der Waals surface area contributed by atoms with Crippen molar-refractivity contribution in [3.63, 3.8) is 0 Å². The topological polar surface area (TPSA) is 66.8 Å². The number of carbonyl (C=O) groups excluding carboxylic acids is 1. The molecule has 1 heterocycles. The molecule has 0 saturated heterocycles. The largest absolute Gasteiger partial charge is 0.482 e. The minimum atomic E-state index is -0.963. The highest BCUT2D eigenvalue weighted by Crippen LogP contribution is 2.39. The fourth-order valence-electron chi connectivity index (χ4n) is 4.83. The first-order valence-corrected chi connectivity index (χ1v) is 12.6. The Balaban J connectivity index is 1.37. The van der Waals surface area contributed by atoms with Crippen LogP contribution in [0.5, 0.6) is 5.75 Å². The maximum atomic E-state index is 13.1. The summed E-state index contributed by atoms with van der Waals surface area (Å²) < 4.78 is 5.57. The van der Waals surface area contributed by atoms with Gasteiger partial charge in [-0.15, -0.1) is 11.8 Å². The van der Waals surface area contributed by atoms with Crippen molar-refractivity contribution in [1.82, 2.24) is 0 Å². The molecule has 5 rings (SSSR count). The monoisotopic (exact) mass is 473 g/mol. The van der Waals surface area contributed by atoms with Crippen molar-refractivity contribution in [3.05, 3.63) is 88.0 Å². The van der Waals surface area contributed by atoms with Crippen LogP contribution in [-0.2, 0) is 29.9 Å². The quantitative estimate of drug-likeness (QED) is 0.440. The number of hydrogen-bond donors (Lipinski definition) is 1. The highest BCUT2D eigenvalue weighted by molar-refractivity contribution is 7.98. The van der Waals surface area contributed by atoms with Crippen molar-refractivity contribution in [1.29, 1.82) is 0 Å². The van der Waals surface area contributed by atoms with Crippen LogP contribution in [0.15, 0.2) is 59.5 Å². The molecule has 0 radical (unpaired) electrons. The fourth-order valence-corrected chi connectivity index (χ4v) is 5.98. The van der Waals surface area contributed by atoms with E-state index in [-0.39, 0.29) is 12.5 Å². The number of carbonyl (C=O) groups is 2. The van der Waals surface area contributed by atoms with E-state index in [1.54, 1.807) is 11.8 Å². The van der Waals surface area contributed by atoms with Crippen LogP contribution in [0, 0.1) is 6.92 Å². The Morgan fingerprint density at radius 2 is 1.76 bits per heavy atom. The van der Waals surface area contributed by atoms with Gasteiger partial charge in [-0.25, -0.2) is 4.79 Å². The first kappa shape index (κ1) is 22.5. The number of fused-ring (bicyclic) bond motifs is 2. The van der Waals surface area contributed by atoms with Gasteiger partial charge in [0.1, 0.15) is 5.75 Å². The summed E-state index contributed by atoms with van der Waals surface area (Å²) in [6.07, 6.45) is 4.12. The van der Waals surface area contributed by atoms with E-state index in [1.807, 2.05) is 54.3 Å². The molecule has 0 spiro atoms. The number of thioether (sulfide) groups is 1. The number of carboxylic acids is 1. The normalized spacial score (nSPS) is 14.6. The van der Waals surface area contributed by atoms with E-state index >= 15 is 0 Å². The van der Waals surface area contributed by atoms with E-state index in [0.29, 0.717) is 12.3 Å². The molecule has 34 heavy (non-hydrogen) atoms. The lowest BCUT2D eigenvalue weighted by Gasteiger charge is -2.22. The fraction of sp³-hybridized carbons (Fsp3) is 0.286. The zero-order valence-corrected chi connectivity index (χ0v) is 20.0. The lowest BCUT2D eigenvalue weighted by Crippen LogP contribution is -2.22. The molecule has 3 aromatic carbocycles. The Hall–Kier alpha value is -3.25. The number of amides is 1. The summed E-state index contributed by atoms with van der Waals surface area (Å²) in [6, 6.07) is 18.1. The van der Waals surface area contributed by atoms with Gasteiger partial charge in [-0.3, -0.25) is 4.79 Å². The van der Waals surface area contributed by atoms with Gasteiger partial charge in [-0.05, 0) is 85.2 Å². The lowest BCUT2D eigenvalue weighted by atomic mass is 9.91. The number of benzene rings is 3. The predicted molar refractivity (Wildman–Crippen MR) is 134 cm³/mol. The maximum Gasteiger partial charge on any atom is 0.341 e. The van der Waals surface area contributed by atoms with Gasteiger partial charge in [-0.1, -0.05) is 29.8 Å². The molecule has 0 fully saturated rings. The van der Waals surface area contributed by atoms with Crippen LogP contribution in [0.2, 0.25) is 0 Å². The van der Waals surface area contributed by atoms with Gasteiger partial charge in [0, 0.05) is 21.9 Å². The number of hydrogen-bond acceptors (Lipinski definition) is 4. The van der Waals surface area contributed by atoms with Crippen molar-refractivity contribution < 1.29 is 19.4 Å². The average Bonchev–Trinajstić information content (AvgIpc) is 3.19. The highest BCUT2D eigenvalue weighted by atomic mass is 32.2. The molecule has 1 aliphatic carbocycles. The molecule has 0 unspecified atom stereocenters. The van der Waals surface area contributed by atoms with Gasteiger partial charge in [0.25, 0.3) is 5.91 Å². The van der Waals surface area contributed by atoms with E-state index < -0.39 is 5.97 Å². The molecule has 6 heteroatoms. The molecule has 1 aliphatic heterocycles. The SMILES string of the molecule is Cc1ccc(N2Cc3c(CSc4ccc(OCC(=O)O)c5c4CCCC5)cccc3C2=O)cc1. The van der Waals surface area contributed by atoms with Crippen LogP contribution >= 0.6 is 11.8 Å². The molecular formula is C28H27NO4S. The molecule has 0 bridgehead atoms. The van der Waals surface area contributed by atoms with Gasteiger partial charge < -0.3 is 14.7 Å². The van der Waals surface area contributed by atoms with Crippen molar-refractivity contribution >= 4 is 29.3 Å². The second-order valence-electron chi connectivity index (χ2n) is 8.87.